The zero-order valence-corrected chi connectivity index (χ0v) is 18.1. The van der Waals surface area contributed by atoms with Crippen molar-refractivity contribution in [2.75, 3.05) is 0 Å². The molecule has 18 heavy (non-hydrogen) atoms. The Labute approximate surface area is 156 Å². The van der Waals surface area contributed by atoms with Crippen molar-refractivity contribution >= 4 is 95.6 Å². The second-order valence-electron chi connectivity index (χ2n) is 3.50. The molecule has 0 aliphatic carbocycles. The lowest BCUT2D eigenvalue weighted by Crippen LogP contribution is -1.86. The second-order valence-corrected chi connectivity index (χ2v) is 8.63. The van der Waals surface area contributed by atoms with Crippen LogP contribution in [-0.4, -0.2) is 0 Å². The van der Waals surface area contributed by atoms with Crippen molar-refractivity contribution < 1.29 is 0 Å². The topological polar surface area (TPSA) is 0 Å². The average molecular weight is 628 g/mol. The van der Waals surface area contributed by atoms with Crippen molar-refractivity contribution in [2.24, 2.45) is 0 Å². The Kier molecular flexibility index (Phi) is 5.58. The molecule has 2 rings (SSSR count). The number of hydrogen-bond acceptors (Lipinski definition) is 0. The van der Waals surface area contributed by atoms with E-state index in [2.05, 4.69) is 108 Å². The maximum Gasteiger partial charge on any atom is 0.0408 e. The average Bonchev–Trinajstić information content (AvgIpc) is 2.25. The molecule has 0 heterocycles. The monoisotopic (exact) mass is 622 g/mol. The van der Waals surface area contributed by atoms with Crippen LogP contribution in [0, 0.1) is 0 Å². The minimum atomic E-state index is 1.00. The van der Waals surface area contributed by atoms with E-state index in [0.717, 1.165) is 38.0 Å². The number of halogens is 6. The summed E-state index contributed by atoms with van der Waals surface area (Å²) in [4.78, 5) is 0. The SMILES string of the molecule is Brc1cc(Br)cc(-c2c(Br)c(Br)cc(Br)c2Br)c1. The van der Waals surface area contributed by atoms with Crippen LogP contribution in [-0.2, 0) is 0 Å². The molecule has 0 spiro atoms. The summed E-state index contributed by atoms with van der Waals surface area (Å²) in [5.41, 5.74) is 2.20. The van der Waals surface area contributed by atoms with E-state index in [1.54, 1.807) is 0 Å². The molecule has 2 aromatic rings. The molecular formula is C12H4Br6. The van der Waals surface area contributed by atoms with Gasteiger partial charge in [-0.15, -0.1) is 0 Å². The van der Waals surface area contributed by atoms with Crippen molar-refractivity contribution in [3.8, 4) is 11.1 Å². The first-order valence-electron chi connectivity index (χ1n) is 4.69. The number of rotatable bonds is 1. The van der Waals surface area contributed by atoms with Crippen LogP contribution in [0.3, 0.4) is 0 Å². The second kappa shape index (κ2) is 6.39. The molecule has 0 unspecified atom stereocenters. The zero-order valence-electron chi connectivity index (χ0n) is 8.58. The van der Waals surface area contributed by atoms with Crippen molar-refractivity contribution in [2.45, 2.75) is 0 Å². The summed E-state index contributed by atoms with van der Waals surface area (Å²) in [5, 5.41) is 0. The summed E-state index contributed by atoms with van der Waals surface area (Å²) in [6, 6.07) is 8.17. The molecule has 0 saturated heterocycles. The van der Waals surface area contributed by atoms with Crippen molar-refractivity contribution in [1.82, 2.24) is 0 Å². The highest BCUT2D eigenvalue weighted by atomic mass is 79.9. The third-order valence-corrected chi connectivity index (χ3v) is 7.14. The van der Waals surface area contributed by atoms with Crippen LogP contribution in [0.4, 0.5) is 0 Å². The van der Waals surface area contributed by atoms with Crippen LogP contribution in [0.2, 0.25) is 0 Å². The van der Waals surface area contributed by atoms with Gasteiger partial charge >= 0.3 is 0 Å². The Bertz CT molecular complexity index is 574. The summed E-state index contributed by atoms with van der Waals surface area (Å²) in [6.45, 7) is 0. The smallest absolute Gasteiger partial charge is 0.0408 e. The Morgan fingerprint density at radius 2 is 1.00 bits per heavy atom. The number of benzene rings is 2. The first kappa shape index (κ1) is 15.7. The van der Waals surface area contributed by atoms with E-state index in [1.807, 2.05) is 12.1 Å². The predicted molar refractivity (Wildman–Crippen MR) is 98.1 cm³/mol. The lowest BCUT2D eigenvalue weighted by atomic mass is 10.1. The van der Waals surface area contributed by atoms with Gasteiger partial charge in [-0.25, -0.2) is 0 Å². The highest BCUT2D eigenvalue weighted by Gasteiger charge is 2.15. The molecule has 6 heteroatoms. The van der Waals surface area contributed by atoms with Crippen LogP contribution in [0.1, 0.15) is 0 Å². The molecule has 2 aromatic carbocycles. The molecule has 0 radical (unpaired) electrons. The summed E-state index contributed by atoms with van der Waals surface area (Å²) in [7, 11) is 0. The van der Waals surface area contributed by atoms with Gasteiger partial charge in [0.1, 0.15) is 0 Å². The zero-order chi connectivity index (χ0) is 13.4. The van der Waals surface area contributed by atoms with Crippen LogP contribution >= 0.6 is 95.6 Å². The molecule has 0 aromatic heterocycles. The van der Waals surface area contributed by atoms with Crippen LogP contribution in [0.15, 0.2) is 51.1 Å². The van der Waals surface area contributed by atoms with Crippen LogP contribution in [0.5, 0.6) is 0 Å². The van der Waals surface area contributed by atoms with Gasteiger partial charge in [0.25, 0.3) is 0 Å². The van der Waals surface area contributed by atoms with Crippen molar-refractivity contribution in [3.63, 3.8) is 0 Å². The number of hydrogen-bond donors (Lipinski definition) is 0. The fourth-order valence-corrected chi connectivity index (χ4v) is 5.33. The fourth-order valence-electron chi connectivity index (χ4n) is 1.52. The van der Waals surface area contributed by atoms with Gasteiger partial charge in [-0.1, -0.05) is 31.9 Å². The summed E-state index contributed by atoms with van der Waals surface area (Å²) < 4.78 is 6.10. The first-order valence-corrected chi connectivity index (χ1v) is 9.45. The predicted octanol–water partition coefficient (Wildman–Crippen LogP) is 7.93. The summed E-state index contributed by atoms with van der Waals surface area (Å²) in [5.74, 6) is 0. The van der Waals surface area contributed by atoms with E-state index in [9.17, 15) is 0 Å². The third-order valence-electron chi connectivity index (χ3n) is 2.26. The lowest BCUT2D eigenvalue weighted by Gasteiger charge is -2.12. The molecule has 0 saturated carbocycles. The Balaban J connectivity index is 2.78. The first-order chi connectivity index (χ1) is 8.40. The van der Waals surface area contributed by atoms with Crippen molar-refractivity contribution in [3.05, 3.63) is 51.1 Å². The molecule has 0 N–H and O–H groups in total. The molecular weight excluding hydrogens is 624 g/mol. The lowest BCUT2D eigenvalue weighted by molar-refractivity contribution is 1.47. The summed E-state index contributed by atoms with van der Waals surface area (Å²) >= 11 is 21.4. The molecule has 0 aliphatic heterocycles. The van der Waals surface area contributed by atoms with E-state index in [0.29, 0.717) is 0 Å². The minimum Gasteiger partial charge on any atom is -0.0508 e. The van der Waals surface area contributed by atoms with Gasteiger partial charge in [0.15, 0.2) is 0 Å². The summed E-state index contributed by atoms with van der Waals surface area (Å²) in [6.07, 6.45) is 0. The molecule has 0 atom stereocenters. The molecule has 0 amide bonds. The molecule has 94 valence electrons. The van der Waals surface area contributed by atoms with E-state index in [4.69, 9.17) is 0 Å². The maximum atomic E-state index is 3.62. The van der Waals surface area contributed by atoms with Gasteiger partial charge in [-0.05, 0) is 93.5 Å². The normalized spacial score (nSPS) is 10.8. The molecule has 0 bridgehead atoms. The Morgan fingerprint density at radius 1 is 0.556 bits per heavy atom. The van der Waals surface area contributed by atoms with E-state index >= 15 is 0 Å². The highest BCUT2D eigenvalue weighted by Crippen LogP contribution is 2.44. The molecule has 0 aliphatic rings. The Morgan fingerprint density at radius 3 is 1.44 bits per heavy atom. The fraction of sp³-hybridized carbons (Fsp3) is 0. The van der Waals surface area contributed by atoms with Gasteiger partial charge in [-0.3, -0.25) is 0 Å². The quantitative estimate of drug-likeness (QED) is 0.282. The standard InChI is InChI=1S/C12H4Br6/c13-6-1-5(2-7(14)3-6)10-11(17)8(15)4-9(16)12(10)18/h1-4H. The highest BCUT2D eigenvalue weighted by molar-refractivity contribution is 9.14. The Hall–Kier alpha value is 1.32. The van der Waals surface area contributed by atoms with Gasteiger partial charge in [0.05, 0.1) is 0 Å². The maximum absolute atomic E-state index is 3.62. The van der Waals surface area contributed by atoms with Gasteiger partial charge in [0.2, 0.25) is 0 Å². The largest absolute Gasteiger partial charge is 0.0508 e. The van der Waals surface area contributed by atoms with Crippen LogP contribution < -0.4 is 0 Å². The van der Waals surface area contributed by atoms with Crippen molar-refractivity contribution in [1.29, 1.82) is 0 Å². The molecule has 0 nitrogen and oxygen atoms in total. The minimum absolute atomic E-state index is 1.00. The van der Waals surface area contributed by atoms with E-state index < -0.39 is 0 Å². The van der Waals surface area contributed by atoms with E-state index in [1.165, 1.54) is 0 Å². The van der Waals surface area contributed by atoms with Gasteiger partial charge in [0, 0.05) is 32.4 Å². The third kappa shape index (κ3) is 3.31. The van der Waals surface area contributed by atoms with Crippen LogP contribution in [0.25, 0.3) is 11.1 Å². The molecule has 0 fully saturated rings. The van der Waals surface area contributed by atoms with E-state index in [-0.39, 0.29) is 0 Å². The van der Waals surface area contributed by atoms with Gasteiger partial charge < -0.3 is 0 Å². The van der Waals surface area contributed by atoms with Gasteiger partial charge in [-0.2, -0.15) is 0 Å².